The van der Waals surface area contributed by atoms with Crippen LogP contribution in [0.15, 0.2) is 23.3 Å². The van der Waals surface area contributed by atoms with Crippen LogP contribution in [0.5, 0.6) is 0 Å². The minimum Gasteiger partial charge on any atom is -0.281 e. The Bertz CT molecular complexity index is 217. The van der Waals surface area contributed by atoms with Crippen LogP contribution in [0.2, 0.25) is 0 Å². The molecule has 1 heterocycles. The minimum absolute atomic E-state index is 0.867. The monoisotopic (exact) mass is 200 g/mol. The average molecular weight is 201 g/mol. The van der Waals surface area contributed by atoms with Crippen molar-refractivity contribution in [2.45, 2.75) is 12.8 Å². The van der Waals surface area contributed by atoms with E-state index in [1.54, 1.807) is 0 Å². The van der Waals surface area contributed by atoms with Gasteiger partial charge in [-0.05, 0) is 34.8 Å². The summed E-state index contributed by atoms with van der Waals surface area (Å²) in [6.07, 6.45) is 3.88. The van der Waals surface area contributed by atoms with E-state index in [4.69, 9.17) is 0 Å². The van der Waals surface area contributed by atoms with Crippen LogP contribution in [0.3, 0.4) is 0 Å². The lowest BCUT2D eigenvalue weighted by molar-refractivity contribution is 0.914. The maximum Gasteiger partial charge on any atom is 0.128 e. The molecule has 1 N–H and O–H groups in total. The predicted octanol–water partition coefficient (Wildman–Crippen LogP) is 2.29. The number of aromatic amines is 1. The molecule has 54 valence electrons. The second-order valence-electron chi connectivity index (χ2n) is 2.04. The van der Waals surface area contributed by atoms with E-state index in [0.29, 0.717) is 0 Å². The van der Waals surface area contributed by atoms with Gasteiger partial charge in [0, 0.05) is 5.69 Å². The first-order chi connectivity index (χ1) is 4.83. The third-order valence-electron chi connectivity index (χ3n) is 1.22. The van der Waals surface area contributed by atoms with E-state index in [1.165, 1.54) is 0 Å². The molecule has 0 aromatic carbocycles. The summed E-state index contributed by atoms with van der Waals surface area (Å²) < 4.78 is 0.867. The summed E-state index contributed by atoms with van der Waals surface area (Å²) in [6.45, 7) is 3.64. The molecule has 0 saturated carbocycles. The molecule has 0 aliphatic rings. The topological polar surface area (TPSA) is 28.7 Å². The van der Waals surface area contributed by atoms with Crippen LogP contribution in [-0.4, -0.2) is 10.2 Å². The van der Waals surface area contributed by atoms with Crippen molar-refractivity contribution in [1.29, 1.82) is 0 Å². The van der Waals surface area contributed by atoms with Gasteiger partial charge in [-0.1, -0.05) is 6.08 Å². The van der Waals surface area contributed by atoms with Crippen molar-refractivity contribution in [2.75, 3.05) is 0 Å². The smallest absolute Gasteiger partial charge is 0.128 e. The molecule has 3 heteroatoms. The van der Waals surface area contributed by atoms with Crippen molar-refractivity contribution in [1.82, 2.24) is 10.2 Å². The molecule has 0 bridgehead atoms. The number of aromatic nitrogens is 2. The first kappa shape index (κ1) is 7.54. The second-order valence-corrected chi connectivity index (χ2v) is 2.86. The lowest BCUT2D eigenvalue weighted by atomic mass is 10.2. The number of hydrogen-bond donors (Lipinski definition) is 1. The largest absolute Gasteiger partial charge is 0.281 e. The van der Waals surface area contributed by atoms with Crippen LogP contribution in [-0.2, 0) is 6.42 Å². The third kappa shape index (κ3) is 1.99. The van der Waals surface area contributed by atoms with Crippen molar-refractivity contribution in [3.8, 4) is 0 Å². The number of halogens is 1. The van der Waals surface area contributed by atoms with Crippen LogP contribution >= 0.6 is 15.9 Å². The van der Waals surface area contributed by atoms with E-state index in [2.05, 4.69) is 32.7 Å². The Kier molecular flexibility index (Phi) is 2.68. The molecule has 0 amide bonds. The van der Waals surface area contributed by atoms with E-state index < -0.39 is 0 Å². The highest BCUT2D eigenvalue weighted by atomic mass is 79.9. The van der Waals surface area contributed by atoms with Crippen LogP contribution in [0, 0.1) is 0 Å². The third-order valence-corrected chi connectivity index (χ3v) is 1.62. The molecule has 0 aliphatic carbocycles. The molecular formula is C7H9BrN2. The average Bonchev–Trinajstić information content (AvgIpc) is 2.31. The Labute approximate surface area is 68.5 Å². The SMILES string of the molecule is C=CCCc1cc(Br)n[nH]1. The number of rotatable bonds is 3. The molecule has 0 saturated heterocycles. The van der Waals surface area contributed by atoms with E-state index in [1.807, 2.05) is 12.1 Å². The molecule has 1 aromatic heterocycles. The zero-order chi connectivity index (χ0) is 7.40. The number of allylic oxidation sites excluding steroid dienone is 1. The van der Waals surface area contributed by atoms with Crippen molar-refractivity contribution in [3.63, 3.8) is 0 Å². The highest BCUT2D eigenvalue weighted by molar-refractivity contribution is 9.10. The first-order valence-corrected chi connectivity index (χ1v) is 3.93. The van der Waals surface area contributed by atoms with Gasteiger partial charge >= 0.3 is 0 Å². The number of hydrogen-bond acceptors (Lipinski definition) is 1. The highest BCUT2D eigenvalue weighted by Crippen LogP contribution is 2.07. The van der Waals surface area contributed by atoms with Gasteiger partial charge in [0.25, 0.3) is 0 Å². The lowest BCUT2D eigenvalue weighted by Gasteiger charge is -1.87. The van der Waals surface area contributed by atoms with E-state index >= 15 is 0 Å². The Hall–Kier alpha value is -0.570. The summed E-state index contributed by atoms with van der Waals surface area (Å²) in [4.78, 5) is 0. The van der Waals surface area contributed by atoms with Gasteiger partial charge < -0.3 is 0 Å². The molecule has 0 spiro atoms. The number of nitrogens with one attached hydrogen (secondary N) is 1. The second kappa shape index (κ2) is 3.56. The minimum atomic E-state index is 0.867. The molecule has 10 heavy (non-hydrogen) atoms. The molecule has 2 nitrogen and oxygen atoms in total. The molecule has 0 fully saturated rings. The molecule has 0 unspecified atom stereocenters. The van der Waals surface area contributed by atoms with E-state index in [-0.39, 0.29) is 0 Å². The fourth-order valence-electron chi connectivity index (χ4n) is 0.719. The van der Waals surface area contributed by atoms with Crippen molar-refractivity contribution in [3.05, 3.63) is 29.0 Å². The zero-order valence-electron chi connectivity index (χ0n) is 5.60. The predicted molar refractivity (Wildman–Crippen MR) is 44.8 cm³/mol. The number of nitrogens with zero attached hydrogens (tertiary/aromatic N) is 1. The molecule has 1 aromatic rings. The quantitative estimate of drug-likeness (QED) is 0.746. The van der Waals surface area contributed by atoms with E-state index in [0.717, 1.165) is 23.1 Å². The summed E-state index contributed by atoms with van der Waals surface area (Å²) in [5.41, 5.74) is 1.15. The maximum absolute atomic E-state index is 3.93. The summed E-state index contributed by atoms with van der Waals surface area (Å²) in [5, 5.41) is 6.82. The van der Waals surface area contributed by atoms with Gasteiger partial charge in [0.1, 0.15) is 4.60 Å². The van der Waals surface area contributed by atoms with Crippen molar-refractivity contribution in [2.24, 2.45) is 0 Å². The molecule has 0 aliphatic heterocycles. The maximum atomic E-state index is 3.93. The van der Waals surface area contributed by atoms with Gasteiger partial charge in [-0.2, -0.15) is 5.10 Å². The molecule has 0 radical (unpaired) electrons. The van der Waals surface area contributed by atoms with Crippen molar-refractivity contribution < 1.29 is 0 Å². The van der Waals surface area contributed by atoms with Crippen molar-refractivity contribution >= 4 is 15.9 Å². The van der Waals surface area contributed by atoms with Crippen LogP contribution in [0.25, 0.3) is 0 Å². The van der Waals surface area contributed by atoms with Gasteiger partial charge in [-0.25, -0.2) is 0 Å². The van der Waals surface area contributed by atoms with E-state index in [9.17, 15) is 0 Å². The zero-order valence-corrected chi connectivity index (χ0v) is 7.19. The Balaban J connectivity index is 2.49. The summed E-state index contributed by atoms with van der Waals surface area (Å²) in [7, 11) is 0. The number of H-pyrrole nitrogens is 1. The highest BCUT2D eigenvalue weighted by Gasteiger charge is 1.94. The standard InChI is InChI=1S/C7H9BrN2/c1-2-3-4-6-5-7(8)10-9-6/h2,5H,1,3-4H2,(H,9,10). The normalized spacial score (nSPS) is 9.70. The van der Waals surface area contributed by atoms with Crippen LogP contribution in [0.4, 0.5) is 0 Å². The summed E-state index contributed by atoms with van der Waals surface area (Å²) in [5.74, 6) is 0. The molecular weight excluding hydrogens is 192 g/mol. The van der Waals surface area contributed by atoms with Gasteiger partial charge in [0.15, 0.2) is 0 Å². The fraction of sp³-hybridized carbons (Fsp3) is 0.286. The Morgan fingerprint density at radius 1 is 1.80 bits per heavy atom. The molecule has 0 atom stereocenters. The first-order valence-electron chi connectivity index (χ1n) is 3.13. The van der Waals surface area contributed by atoms with Gasteiger partial charge in [0.05, 0.1) is 0 Å². The summed E-state index contributed by atoms with van der Waals surface area (Å²) >= 11 is 3.26. The van der Waals surface area contributed by atoms with Crippen LogP contribution in [0.1, 0.15) is 12.1 Å². The molecule has 1 rings (SSSR count). The van der Waals surface area contributed by atoms with Gasteiger partial charge in [-0.15, -0.1) is 6.58 Å². The van der Waals surface area contributed by atoms with Crippen LogP contribution < -0.4 is 0 Å². The lowest BCUT2D eigenvalue weighted by Crippen LogP contribution is -1.81. The number of aryl methyl sites for hydroxylation is 1. The van der Waals surface area contributed by atoms with Gasteiger partial charge in [0.2, 0.25) is 0 Å². The summed E-state index contributed by atoms with van der Waals surface area (Å²) in [6, 6.07) is 1.98. The van der Waals surface area contributed by atoms with Gasteiger partial charge in [-0.3, -0.25) is 5.10 Å². The fourth-order valence-corrected chi connectivity index (χ4v) is 1.08. The Morgan fingerprint density at radius 3 is 3.10 bits per heavy atom. The Morgan fingerprint density at radius 2 is 2.60 bits per heavy atom.